The van der Waals surface area contributed by atoms with Crippen molar-refractivity contribution in [2.24, 2.45) is 5.92 Å². The average Bonchev–Trinajstić information content (AvgIpc) is 3.27. The molecule has 1 aromatic carbocycles. The van der Waals surface area contributed by atoms with Gasteiger partial charge in [-0.15, -0.1) is 5.10 Å². The number of para-hydroxylation sites is 1. The van der Waals surface area contributed by atoms with E-state index in [1.54, 1.807) is 18.2 Å². The van der Waals surface area contributed by atoms with Gasteiger partial charge in [-0.05, 0) is 24.5 Å². The molecule has 0 unspecified atom stereocenters. The van der Waals surface area contributed by atoms with Crippen molar-refractivity contribution in [3.05, 3.63) is 35.9 Å². The predicted molar refractivity (Wildman–Crippen MR) is 97.0 cm³/mol. The Kier molecular flexibility index (Phi) is 6.44. The molecule has 1 fully saturated rings. The molecule has 1 amide bonds. The quantitative estimate of drug-likeness (QED) is 0.691. The van der Waals surface area contributed by atoms with Crippen LogP contribution in [0.15, 0.2) is 29.4 Å². The van der Waals surface area contributed by atoms with Gasteiger partial charge in [-0.3, -0.25) is 9.89 Å². The van der Waals surface area contributed by atoms with Crippen LogP contribution in [0, 0.1) is 11.7 Å². The molecular formula is C18H23FN4OS. The third-order valence-corrected chi connectivity index (χ3v) is 5.33. The van der Waals surface area contributed by atoms with Gasteiger partial charge < -0.3 is 5.32 Å². The van der Waals surface area contributed by atoms with E-state index >= 15 is 0 Å². The van der Waals surface area contributed by atoms with Crippen LogP contribution in [-0.4, -0.2) is 26.8 Å². The predicted octanol–water partition coefficient (Wildman–Crippen LogP) is 4.19. The molecule has 25 heavy (non-hydrogen) atoms. The lowest BCUT2D eigenvalue weighted by molar-refractivity contribution is -0.115. The minimum absolute atomic E-state index is 0.213. The summed E-state index contributed by atoms with van der Waals surface area (Å²) in [5.74, 6) is 1.67. The molecule has 3 rings (SSSR count). The molecule has 5 nitrogen and oxygen atoms in total. The van der Waals surface area contributed by atoms with Crippen LogP contribution in [-0.2, 0) is 11.2 Å². The fourth-order valence-corrected chi connectivity index (χ4v) is 3.86. The lowest BCUT2D eigenvalue weighted by atomic mass is 10.0. The van der Waals surface area contributed by atoms with Crippen molar-refractivity contribution in [1.29, 1.82) is 0 Å². The first-order chi connectivity index (χ1) is 12.2. The van der Waals surface area contributed by atoms with Crippen LogP contribution in [0.25, 0.3) is 0 Å². The molecule has 1 saturated carbocycles. The number of benzene rings is 1. The molecule has 0 bridgehead atoms. The van der Waals surface area contributed by atoms with Crippen LogP contribution in [0.4, 0.5) is 10.1 Å². The van der Waals surface area contributed by atoms with E-state index in [9.17, 15) is 9.18 Å². The van der Waals surface area contributed by atoms with Gasteiger partial charge in [0.2, 0.25) is 11.1 Å². The number of H-pyrrole nitrogens is 1. The number of halogens is 1. The number of amides is 1. The fraction of sp³-hybridized carbons (Fsp3) is 0.500. The Balaban J connectivity index is 1.37. The van der Waals surface area contributed by atoms with Gasteiger partial charge >= 0.3 is 0 Å². The number of anilines is 1. The normalized spacial score (nSPS) is 14.8. The van der Waals surface area contributed by atoms with Crippen molar-refractivity contribution in [3.63, 3.8) is 0 Å². The number of hydrogen-bond donors (Lipinski definition) is 2. The number of hydrogen-bond acceptors (Lipinski definition) is 4. The van der Waals surface area contributed by atoms with E-state index in [1.807, 2.05) is 0 Å². The zero-order valence-corrected chi connectivity index (χ0v) is 14.9. The average molecular weight is 362 g/mol. The first-order valence-corrected chi connectivity index (χ1v) is 9.78. The number of carbonyl (C=O) groups excluding carboxylic acids is 1. The van der Waals surface area contributed by atoms with Crippen LogP contribution in [0.1, 0.15) is 44.3 Å². The first-order valence-electron chi connectivity index (χ1n) is 8.79. The second-order valence-corrected chi connectivity index (χ2v) is 7.44. The van der Waals surface area contributed by atoms with Crippen molar-refractivity contribution < 1.29 is 9.18 Å². The summed E-state index contributed by atoms with van der Waals surface area (Å²) in [5, 5.41) is 10.4. The second-order valence-electron chi connectivity index (χ2n) is 6.38. The van der Waals surface area contributed by atoms with Gasteiger partial charge in [0.05, 0.1) is 5.69 Å². The monoisotopic (exact) mass is 362 g/mol. The van der Waals surface area contributed by atoms with Gasteiger partial charge in [-0.2, -0.15) is 0 Å². The zero-order chi connectivity index (χ0) is 17.5. The maximum atomic E-state index is 13.5. The highest BCUT2D eigenvalue weighted by Crippen LogP contribution is 2.28. The van der Waals surface area contributed by atoms with Gasteiger partial charge in [-0.1, -0.05) is 49.6 Å². The fourth-order valence-electron chi connectivity index (χ4n) is 3.10. The van der Waals surface area contributed by atoms with Crippen molar-refractivity contribution in [3.8, 4) is 0 Å². The van der Waals surface area contributed by atoms with Crippen molar-refractivity contribution >= 4 is 23.4 Å². The number of nitrogens with one attached hydrogen (secondary N) is 2. The Bertz CT molecular complexity index is 700. The number of rotatable bonds is 8. The highest BCUT2D eigenvalue weighted by atomic mass is 32.2. The first kappa shape index (κ1) is 17.9. The van der Waals surface area contributed by atoms with Gasteiger partial charge in [0.25, 0.3) is 0 Å². The zero-order valence-electron chi connectivity index (χ0n) is 14.1. The van der Waals surface area contributed by atoms with Gasteiger partial charge in [0.15, 0.2) is 0 Å². The highest BCUT2D eigenvalue weighted by molar-refractivity contribution is 7.99. The Labute approximate surface area is 151 Å². The Morgan fingerprint density at radius 2 is 2.12 bits per heavy atom. The minimum atomic E-state index is -0.427. The molecule has 0 spiro atoms. The van der Waals surface area contributed by atoms with Crippen molar-refractivity contribution in [1.82, 2.24) is 15.2 Å². The van der Waals surface area contributed by atoms with Gasteiger partial charge in [0, 0.05) is 18.6 Å². The molecule has 1 heterocycles. The molecular weight excluding hydrogens is 339 g/mol. The molecule has 2 aromatic rings. The molecule has 7 heteroatoms. The van der Waals surface area contributed by atoms with E-state index in [4.69, 9.17) is 0 Å². The highest BCUT2D eigenvalue weighted by Gasteiger charge is 2.15. The smallest absolute Gasteiger partial charge is 0.225 e. The molecule has 0 atom stereocenters. The van der Waals surface area contributed by atoms with E-state index in [1.165, 1.54) is 49.9 Å². The summed E-state index contributed by atoms with van der Waals surface area (Å²) in [5.41, 5.74) is 0.213. The van der Waals surface area contributed by atoms with Crippen molar-refractivity contribution in [2.75, 3.05) is 11.1 Å². The van der Waals surface area contributed by atoms with Gasteiger partial charge in [0.1, 0.15) is 11.6 Å². The van der Waals surface area contributed by atoms with Crippen LogP contribution >= 0.6 is 11.8 Å². The molecule has 134 valence electrons. The number of carbonyl (C=O) groups is 1. The Morgan fingerprint density at radius 1 is 1.32 bits per heavy atom. The standard InChI is InChI=1S/C18H23FN4OS/c19-14-7-3-4-8-15(14)20-17(24)11-12-25-18-21-16(22-23-18)10-9-13-5-1-2-6-13/h3-4,7-8,13H,1-2,5-6,9-12H2,(H,20,24)(H,21,22,23). The molecule has 0 radical (unpaired) electrons. The largest absolute Gasteiger partial charge is 0.324 e. The van der Waals surface area contributed by atoms with E-state index in [2.05, 4.69) is 20.5 Å². The maximum absolute atomic E-state index is 13.5. The second kappa shape index (κ2) is 8.99. The van der Waals surface area contributed by atoms with Crippen LogP contribution in [0.2, 0.25) is 0 Å². The van der Waals surface area contributed by atoms with Crippen LogP contribution < -0.4 is 5.32 Å². The van der Waals surface area contributed by atoms with Crippen LogP contribution in [0.3, 0.4) is 0 Å². The van der Waals surface area contributed by atoms with Crippen molar-refractivity contribution in [2.45, 2.75) is 50.1 Å². The molecule has 1 aromatic heterocycles. The lowest BCUT2D eigenvalue weighted by Crippen LogP contribution is -2.13. The lowest BCUT2D eigenvalue weighted by Gasteiger charge is -2.05. The molecule has 0 saturated heterocycles. The van der Waals surface area contributed by atoms with Gasteiger partial charge in [-0.25, -0.2) is 9.37 Å². The SMILES string of the molecule is O=C(CCSc1n[nH]c(CCC2CCCC2)n1)Nc1ccccc1F. The third kappa shape index (κ3) is 5.56. The number of nitrogens with zero attached hydrogens (tertiary/aromatic N) is 2. The molecule has 1 aliphatic rings. The number of thioether (sulfide) groups is 1. The van der Waals surface area contributed by atoms with E-state index in [0.29, 0.717) is 10.9 Å². The topological polar surface area (TPSA) is 70.7 Å². The number of aryl methyl sites for hydroxylation is 1. The summed E-state index contributed by atoms with van der Waals surface area (Å²) >= 11 is 1.43. The summed E-state index contributed by atoms with van der Waals surface area (Å²) in [7, 11) is 0. The Hall–Kier alpha value is -1.89. The maximum Gasteiger partial charge on any atom is 0.225 e. The molecule has 2 N–H and O–H groups in total. The number of aromatic nitrogens is 3. The molecule has 1 aliphatic carbocycles. The minimum Gasteiger partial charge on any atom is -0.324 e. The van der Waals surface area contributed by atoms with E-state index < -0.39 is 5.82 Å². The summed E-state index contributed by atoms with van der Waals surface area (Å²) in [4.78, 5) is 16.3. The van der Waals surface area contributed by atoms with Crippen LogP contribution in [0.5, 0.6) is 0 Å². The number of aromatic amines is 1. The summed E-state index contributed by atoms with van der Waals surface area (Å²) in [6, 6.07) is 6.15. The summed E-state index contributed by atoms with van der Waals surface area (Å²) < 4.78 is 13.5. The molecule has 0 aliphatic heterocycles. The summed E-state index contributed by atoms with van der Waals surface area (Å²) in [6.45, 7) is 0. The van der Waals surface area contributed by atoms with E-state index in [-0.39, 0.29) is 18.0 Å². The third-order valence-electron chi connectivity index (χ3n) is 4.48. The summed E-state index contributed by atoms with van der Waals surface area (Å²) in [6.07, 6.45) is 7.79. The Morgan fingerprint density at radius 3 is 2.92 bits per heavy atom. The van der Waals surface area contributed by atoms with E-state index in [0.717, 1.165) is 18.2 Å².